The Morgan fingerprint density at radius 1 is 1.32 bits per heavy atom. The molecule has 1 aromatic carbocycles. The van der Waals surface area contributed by atoms with Gasteiger partial charge in [-0.25, -0.2) is 4.39 Å². The summed E-state index contributed by atoms with van der Waals surface area (Å²) in [7, 11) is 0. The second kappa shape index (κ2) is 5.88. The molecule has 1 aliphatic rings. The number of nitrogens with two attached hydrogens (primary N) is 1. The van der Waals surface area contributed by atoms with E-state index in [9.17, 15) is 9.18 Å². The summed E-state index contributed by atoms with van der Waals surface area (Å²) in [6.45, 7) is 0. The van der Waals surface area contributed by atoms with Crippen molar-refractivity contribution in [1.82, 2.24) is 0 Å². The number of amides is 1. The summed E-state index contributed by atoms with van der Waals surface area (Å²) in [4.78, 5) is 12.0. The van der Waals surface area contributed by atoms with Crippen LogP contribution >= 0.6 is 11.6 Å². The highest BCUT2D eigenvalue weighted by atomic mass is 35.5. The molecule has 1 amide bonds. The predicted molar refractivity (Wildman–Crippen MR) is 74.7 cm³/mol. The number of rotatable bonds is 3. The van der Waals surface area contributed by atoms with Crippen LogP contribution in [0.4, 0.5) is 10.1 Å². The Bertz CT molecular complexity index is 452. The number of hydrogen-bond donors (Lipinski definition) is 2. The summed E-state index contributed by atoms with van der Waals surface area (Å²) < 4.78 is 13.2. The van der Waals surface area contributed by atoms with Gasteiger partial charge in [0.25, 0.3) is 0 Å². The zero-order valence-corrected chi connectivity index (χ0v) is 11.5. The second-order valence-electron chi connectivity index (χ2n) is 5.31. The summed E-state index contributed by atoms with van der Waals surface area (Å²) in [6, 6.07) is 3.96. The molecular weight excluding hydrogens is 267 g/mol. The number of benzene rings is 1. The van der Waals surface area contributed by atoms with Crippen LogP contribution < -0.4 is 11.1 Å². The molecule has 0 bridgehead atoms. The molecule has 0 heterocycles. The van der Waals surface area contributed by atoms with E-state index in [1.54, 1.807) is 0 Å². The number of nitrogens with one attached hydrogen (secondary N) is 1. The van der Waals surface area contributed by atoms with Crippen molar-refractivity contribution in [3.63, 3.8) is 0 Å². The Balaban J connectivity index is 1.97. The Morgan fingerprint density at radius 2 is 2.00 bits per heavy atom. The van der Waals surface area contributed by atoms with Crippen molar-refractivity contribution in [3.05, 3.63) is 29.0 Å². The van der Waals surface area contributed by atoms with Gasteiger partial charge in [-0.2, -0.15) is 0 Å². The molecule has 0 aromatic heterocycles. The average Bonchev–Trinajstić information content (AvgIpc) is 2.27. The molecule has 0 aliphatic heterocycles. The van der Waals surface area contributed by atoms with Gasteiger partial charge in [-0.1, -0.05) is 30.9 Å². The third kappa shape index (κ3) is 4.18. The summed E-state index contributed by atoms with van der Waals surface area (Å²) >= 11 is 5.74. The maximum Gasteiger partial charge on any atom is 0.226 e. The van der Waals surface area contributed by atoms with Crippen molar-refractivity contribution in [3.8, 4) is 0 Å². The van der Waals surface area contributed by atoms with Gasteiger partial charge in [0.1, 0.15) is 5.82 Å². The average molecular weight is 285 g/mol. The standard InChI is InChI=1S/C14H18ClFN2O/c15-10-6-11(16)8-12(7-10)18-13(19)9-14(17)4-2-1-3-5-14/h6-8H,1-5,9,17H2,(H,18,19). The minimum atomic E-state index is -0.470. The van der Waals surface area contributed by atoms with Gasteiger partial charge in [-0.05, 0) is 31.0 Å². The molecule has 19 heavy (non-hydrogen) atoms. The van der Waals surface area contributed by atoms with Crippen LogP contribution in [0.5, 0.6) is 0 Å². The lowest BCUT2D eigenvalue weighted by molar-refractivity contribution is -0.117. The fraction of sp³-hybridized carbons (Fsp3) is 0.500. The van der Waals surface area contributed by atoms with Crippen LogP contribution in [0.3, 0.4) is 0 Å². The first-order valence-electron chi connectivity index (χ1n) is 6.52. The topological polar surface area (TPSA) is 55.1 Å². The van der Waals surface area contributed by atoms with Gasteiger partial charge in [-0.3, -0.25) is 4.79 Å². The van der Waals surface area contributed by atoms with E-state index in [2.05, 4.69) is 5.32 Å². The van der Waals surface area contributed by atoms with Crippen molar-refractivity contribution in [2.75, 3.05) is 5.32 Å². The van der Waals surface area contributed by atoms with Gasteiger partial charge in [0.05, 0.1) is 0 Å². The van der Waals surface area contributed by atoms with Crippen LogP contribution in [0.25, 0.3) is 0 Å². The summed E-state index contributed by atoms with van der Waals surface area (Å²) in [5.41, 5.74) is 6.17. The number of halogens is 2. The van der Waals surface area contributed by atoms with Gasteiger partial charge < -0.3 is 11.1 Å². The van der Waals surface area contributed by atoms with Crippen molar-refractivity contribution in [1.29, 1.82) is 0 Å². The molecular formula is C14H18ClFN2O. The van der Waals surface area contributed by atoms with E-state index in [0.29, 0.717) is 5.69 Å². The zero-order valence-electron chi connectivity index (χ0n) is 10.7. The number of hydrogen-bond acceptors (Lipinski definition) is 2. The fourth-order valence-electron chi connectivity index (χ4n) is 2.58. The van der Waals surface area contributed by atoms with Crippen LogP contribution in [-0.2, 0) is 4.79 Å². The van der Waals surface area contributed by atoms with Crippen molar-refractivity contribution < 1.29 is 9.18 Å². The lowest BCUT2D eigenvalue weighted by Gasteiger charge is -2.32. The van der Waals surface area contributed by atoms with Crippen molar-refractivity contribution in [2.24, 2.45) is 5.73 Å². The molecule has 3 nitrogen and oxygen atoms in total. The molecule has 0 unspecified atom stereocenters. The van der Waals surface area contributed by atoms with E-state index in [0.717, 1.165) is 25.7 Å². The lowest BCUT2D eigenvalue weighted by Crippen LogP contribution is -2.44. The first-order chi connectivity index (χ1) is 8.97. The largest absolute Gasteiger partial charge is 0.326 e. The van der Waals surface area contributed by atoms with Gasteiger partial charge in [0, 0.05) is 22.7 Å². The first kappa shape index (κ1) is 14.3. The van der Waals surface area contributed by atoms with E-state index >= 15 is 0 Å². The van der Waals surface area contributed by atoms with E-state index < -0.39 is 11.4 Å². The molecule has 1 aromatic rings. The molecule has 0 atom stereocenters. The van der Waals surface area contributed by atoms with Crippen LogP contribution in [0.2, 0.25) is 5.02 Å². The van der Waals surface area contributed by atoms with Crippen molar-refractivity contribution in [2.45, 2.75) is 44.1 Å². The minimum Gasteiger partial charge on any atom is -0.326 e. The molecule has 0 saturated heterocycles. The quantitative estimate of drug-likeness (QED) is 0.893. The molecule has 1 aliphatic carbocycles. The van der Waals surface area contributed by atoms with Crippen LogP contribution in [0.15, 0.2) is 18.2 Å². The highest BCUT2D eigenvalue weighted by molar-refractivity contribution is 6.30. The van der Waals surface area contributed by atoms with Gasteiger partial charge in [0.2, 0.25) is 5.91 Å². The van der Waals surface area contributed by atoms with Gasteiger partial charge in [-0.15, -0.1) is 0 Å². The Kier molecular flexibility index (Phi) is 4.42. The normalized spacial score (nSPS) is 18.1. The van der Waals surface area contributed by atoms with Crippen LogP contribution in [-0.4, -0.2) is 11.4 Å². The number of carbonyl (C=O) groups is 1. The summed E-state index contributed by atoms with van der Waals surface area (Å²) in [5, 5.41) is 2.91. The highest BCUT2D eigenvalue weighted by Gasteiger charge is 2.29. The van der Waals surface area contributed by atoms with Crippen LogP contribution in [0, 0.1) is 5.82 Å². The maximum absolute atomic E-state index is 13.2. The molecule has 104 valence electrons. The third-order valence-electron chi connectivity index (χ3n) is 3.51. The zero-order chi connectivity index (χ0) is 13.9. The van der Waals surface area contributed by atoms with E-state index in [-0.39, 0.29) is 17.4 Å². The minimum absolute atomic E-state index is 0.189. The van der Waals surface area contributed by atoms with Gasteiger partial charge in [0.15, 0.2) is 0 Å². The highest BCUT2D eigenvalue weighted by Crippen LogP contribution is 2.29. The fourth-order valence-corrected chi connectivity index (χ4v) is 2.81. The van der Waals surface area contributed by atoms with Crippen molar-refractivity contribution >= 4 is 23.2 Å². The number of anilines is 1. The van der Waals surface area contributed by atoms with E-state index in [4.69, 9.17) is 17.3 Å². The molecule has 1 fully saturated rings. The Labute approximate surface area is 117 Å². The van der Waals surface area contributed by atoms with E-state index in [1.807, 2.05) is 0 Å². The molecule has 5 heteroatoms. The van der Waals surface area contributed by atoms with Gasteiger partial charge >= 0.3 is 0 Å². The Morgan fingerprint density at radius 3 is 2.63 bits per heavy atom. The third-order valence-corrected chi connectivity index (χ3v) is 3.73. The molecule has 1 saturated carbocycles. The second-order valence-corrected chi connectivity index (χ2v) is 5.74. The molecule has 2 rings (SSSR count). The predicted octanol–water partition coefficient (Wildman–Crippen LogP) is 3.47. The molecule has 3 N–H and O–H groups in total. The Hall–Kier alpha value is -1.13. The molecule has 0 radical (unpaired) electrons. The van der Waals surface area contributed by atoms with Crippen LogP contribution in [0.1, 0.15) is 38.5 Å². The first-order valence-corrected chi connectivity index (χ1v) is 6.89. The molecule has 0 spiro atoms. The maximum atomic E-state index is 13.2. The monoisotopic (exact) mass is 284 g/mol. The summed E-state index contributed by atoms with van der Waals surface area (Å²) in [5.74, 6) is -0.658. The van der Waals surface area contributed by atoms with E-state index in [1.165, 1.54) is 24.6 Å². The smallest absolute Gasteiger partial charge is 0.226 e. The lowest BCUT2D eigenvalue weighted by atomic mass is 9.80. The number of carbonyl (C=O) groups excluding carboxylic acids is 1. The summed E-state index contributed by atoms with van der Waals surface area (Å²) in [6.07, 6.45) is 5.31. The SMILES string of the molecule is NC1(CC(=O)Nc2cc(F)cc(Cl)c2)CCCCC1.